The highest BCUT2D eigenvalue weighted by atomic mass is 35.5. The molecule has 0 saturated carbocycles. The zero-order valence-electron chi connectivity index (χ0n) is 11.3. The van der Waals surface area contributed by atoms with Gasteiger partial charge in [-0.05, 0) is 36.1 Å². The van der Waals surface area contributed by atoms with E-state index < -0.39 is 6.04 Å². The molecule has 2 atom stereocenters. The summed E-state index contributed by atoms with van der Waals surface area (Å²) in [5.74, 6) is -0.339. The van der Waals surface area contributed by atoms with E-state index in [2.05, 4.69) is 0 Å². The Bertz CT molecular complexity index is 403. The largest absolute Gasteiger partial charge is 0.376 e. The predicted octanol–water partition coefficient (Wildman–Crippen LogP) is 3.93. The molecule has 0 aliphatic heterocycles. The lowest BCUT2D eigenvalue weighted by Gasteiger charge is -2.35. The van der Waals surface area contributed by atoms with E-state index in [1.807, 2.05) is 27.7 Å². The fourth-order valence-corrected chi connectivity index (χ4v) is 2.25. The highest BCUT2D eigenvalue weighted by Gasteiger charge is 2.32. The monoisotopic (exact) mass is 273 g/mol. The lowest BCUT2D eigenvalue weighted by molar-refractivity contribution is -0.0283. The SMILES string of the molecule is CCOC(C(N)c1cc(F)ccc1Cl)C(C)(C)C. The Morgan fingerprint density at radius 2 is 2.00 bits per heavy atom. The molecule has 2 unspecified atom stereocenters. The minimum absolute atomic E-state index is 0.148. The molecule has 102 valence electrons. The second kappa shape index (κ2) is 6.00. The first-order chi connectivity index (χ1) is 8.27. The van der Waals surface area contributed by atoms with E-state index >= 15 is 0 Å². The van der Waals surface area contributed by atoms with Gasteiger partial charge in [0.25, 0.3) is 0 Å². The van der Waals surface area contributed by atoms with Gasteiger partial charge in [0.1, 0.15) is 5.82 Å². The minimum atomic E-state index is -0.451. The van der Waals surface area contributed by atoms with Crippen LogP contribution in [-0.2, 0) is 4.74 Å². The van der Waals surface area contributed by atoms with Gasteiger partial charge in [-0.1, -0.05) is 32.4 Å². The van der Waals surface area contributed by atoms with Crippen molar-refractivity contribution >= 4 is 11.6 Å². The summed E-state index contributed by atoms with van der Waals surface area (Å²) >= 11 is 6.08. The topological polar surface area (TPSA) is 35.2 Å². The summed E-state index contributed by atoms with van der Waals surface area (Å²) in [7, 11) is 0. The Balaban J connectivity index is 3.09. The van der Waals surface area contributed by atoms with Gasteiger partial charge in [0.2, 0.25) is 0 Å². The van der Waals surface area contributed by atoms with Crippen molar-refractivity contribution in [2.24, 2.45) is 11.1 Å². The van der Waals surface area contributed by atoms with Crippen LogP contribution in [-0.4, -0.2) is 12.7 Å². The molecule has 2 nitrogen and oxygen atoms in total. The third-order valence-electron chi connectivity index (χ3n) is 2.84. The first kappa shape index (κ1) is 15.4. The first-order valence-corrected chi connectivity index (χ1v) is 6.47. The van der Waals surface area contributed by atoms with Crippen molar-refractivity contribution in [3.05, 3.63) is 34.6 Å². The quantitative estimate of drug-likeness (QED) is 0.902. The van der Waals surface area contributed by atoms with Crippen LogP contribution in [0.4, 0.5) is 4.39 Å². The lowest BCUT2D eigenvalue weighted by atomic mass is 9.82. The number of rotatable bonds is 4. The number of halogens is 2. The van der Waals surface area contributed by atoms with E-state index in [0.717, 1.165) is 0 Å². The van der Waals surface area contributed by atoms with Crippen LogP contribution in [0.15, 0.2) is 18.2 Å². The van der Waals surface area contributed by atoms with E-state index in [9.17, 15) is 4.39 Å². The molecule has 0 heterocycles. The standard InChI is InChI=1S/C14H21ClFNO/c1-5-18-13(14(2,3)4)12(17)10-8-9(16)6-7-11(10)15/h6-8,12-13H,5,17H2,1-4H3. The Hall–Kier alpha value is -0.640. The van der Waals surface area contributed by atoms with Crippen molar-refractivity contribution < 1.29 is 9.13 Å². The highest BCUT2D eigenvalue weighted by Crippen LogP contribution is 2.34. The third-order valence-corrected chi connectivity index (χ3v) is 3.19. The Morgan fingerprint density at radius 1 is 1.39 bits per heavy atom. The summed E-state index contributed by atoms with van der Waals surface area (Å²) in [6.07, 6.45) is -0.221. The van der Waals surface area contributed by atoms with E-state index in [0.29, 0.717) is 17.2 Å². The summed E-state index contributed by atoms with van der Waals surface area (Å²) < 4.78 is 19.0. The van der Waals surface area contributed by atoms with Crippen LogP contribution < -0.4 is 5.73 Å². The van der Waals surface area contributed by atoms with Crippen LogP contribution in [0.5, 0.6) is 0 Å². The molecule has 4 heteroatoms. The van der Waals surface area contributed by atoms with Crippen LogP contribution >= 0.6 is 11.6 Å². The average Bonchev–Trinajstić information content (AvgIpc) is 2.27. The van der Waals surface area contributed by atoms with Gasteiger partial charge in [0.15, 0.2) is 0 Å². The molecule has 0 radical (unpaired) electrons. The molecule has 0 spiro atoms. The van der Waals surface area contributed by atoms with E-state index in [1.165, 1.54) is 18.2 Å². The Labute approximate surface area is 113 Å². The smallest absolute Gasteiger partial charge is 0.123 e. The molecule has 1 aromatic rings. The average molecular weight is 274 g/mol. The number of hydrogen-bond acceptors (Lipinski definition) is 2. The normalized spacial score (nSPS) is 15.5. The zero-order valence-corrected chi connectivity index (χ0v) is 12.1. The molecular weight excluding hydrogens is 253 g/mol. The maximum Gasteiger partial charge on any atom is 0.123 e. The summed E-state index contributed by atoms with van der Waals surface area (Å²) in [4.78, 5) is 0. The molecule has 0 aliphatic rings. The van der Waals surface area contributed by atoms with Gasteiger partial charge >= 0.3 is 0 Å². The van der Waals surface area contributed by atoms with Gasteiger partial charge in [0.05, 0.1) is 12.1 Å². The number of benzene rings is 1. The summed E-state index contributed by atoms with van der Waals surface area (Å²) in [6, 6.07) is 3.78. The van der Waals surface area contributed by atoms with Gasteiger partial charge in [0, 0.05) is 11.6 Å². The van der Waals surface area contributed by atoms with Crippen LogP contribution in [0.2, 0.25) is 5.02 Å². The highest BCUT2D eigenvalue weighted by molar-refractivity contribution is 6.31. The molecule has 0 bridgehead atoms. The van der Waals surface area contributed by atoms with Crippen molar-refractivity contribution in [2.45, 2.75) is 39.8 Å². The zero-order chi connectivity index (χ0) is 13.9. The van der Waals surface area contributed by atoms with Crippen molar-refractivity contribution in [3.63, 3.8) is 0 Å². The molecule has 0 aliphatic carbocycles. The van der Waals surface area contributed by atoms with Crippen LogP contribution in [0, 0.1) is 11.2 Å². The molecule has 2 N–H and O–H groups in total. The molecule has 0 saturated heterocycles. The molecular formula is C14H21ClFNO. The third kappa shape index (κ3) is 3.67. The molecule has 1 aromatic carbocycles. The Kier molecular flexibility index (Phi) is 5.14. The second-order valence-corrected chi connectivity index (χ2v) is 5.84. The van der Waals surface area contributed by atoms with Crippen LogP contribution in [0.1, 0.15) is 39.3 Å². The molecule has 1 rings (SSSR count). The maximum absolute atomic E-state index is 13.3. The molecule has 18 heavy (non-hydrogen) atoms. The van der Waals surface area contributed by atoms with Gasteiger partial charge in [-0.25, -0.2) is 4.39 Å². The van der Waals surface area contributed by atoms with E-state index in [1.54, 1.807) is 0 Å². The number of hydrogen-bond donors (Lipinski definition) is 1. The summed E-state index contributed by atoms with van der Waals surface area (Å²) in [5.41, 5.74) is 6.65. The second-order valence-electron chi connectivity index (χ2n) is 5.43. The summed E-state index contributed by atoms with van der Waals surface area (Å²) in [6.45, 7) is 8.60. The predicted molar refractivity (Wildman–Crippen MR) is 73.2 cm³/mol. The van der Waals surface area contributed by atoms with Crippen molar-refractivity contribution in [2.75, 3.05) is 6.61 Å². The first-order valence-electron chi connectivity index (χ1n) is 6.09. The number of ether oxygens (including phenoxy) is 1. The van der Waals surface area contributed by atoms with Gasteiger partial charge < -0.3 is 10.5 Å². The fraction of sp³-hybridized carbons (Fsp3) is 0.571. The molecule has 0 fully saturated rings. The lowest BCUT2D eigenvalue weighted by Crippen LogP contribution is -2.39. The van der Waals surface area contributed by atoms with Gasteiger partial charge in [-0.3, -0.25) is 0 Å². The molecule has 0 amide bonds. The maximum atomic E-state index is 13.3. The number of nitrogens with two attached hydrogens (primary N) is 1. The summed E-state index contributed by atoms with van der Waals surface area (Å²) in [5, 5.41) is 0.470. The van der Waals surface area contributed by atoms with Crippen LogP contribution in [0.3, 0.4) is 0 Å². The van der Waals surface area contributed by atoms with E-state index in [4.69, 9.17) is 22.1 Å². The van der Waals surface area contributed by atoms with Gasteiger partial charge in [-0.15, -0.1) is 0 Å². The minimum Gasteiger partial charge on any atom is -0.376 e. The fourth-order valence-electron chi connectivity index (χ4n) is 2.01. The van der Waals surface area contributed by atoms with Crippen molar-refractivity contribution in [3.8, 4) is 0 Å². The van der Waals surface area contributed by atoms with Crippen molar-refractivity contribution in [1.82, 2.24) is 0 Å². The molecule has 0 aromatic heterocycles. The Morgan fingerprint density at radius 3 is 2.50 bits per heavy atom. The van der Waals surface area contributed by atoms with Crippen molar-refractivity contribution in [1.29, 1.82) is 0 Å². The van der Waals surface area contributed by atoms with E-state index in [-0.39, 0.29) is 17.3 Å². The van der Waals surface area contributed by atoms with Gasteiger partial charge in [-0.2, -0.15) is 0 Å². The van der Waals surface area contributed by atoms with Crippen LogP contribution in [0.25, 0.3) is 0 Å².